The van der Waals surface area contributed by atoms with Crippen LogP contribution >= 0.6 is 0 Å². The van der Waals surface area contributed by atoms with E-state index in [-0.39, 0.29) is 0 Å². The molecular weight excluding hydrogens is 210 g/mol. The van der Waals surface area contributed by atoms with Gasteiger partial charge in [0.1, 0.15) is 9.84 Å². The van der Waals surface area contributed by atoms with Gasteiger partial charge < -0.3 is 5.32 Å². The maximum Gasteiger partial charge on any atom is 0.147 e. The van der Waals surface area contributed by atoms with Crippen molar-refractivity contribution in [2.75, 3.05) is 25.1 Å². The molecule has 3 nitrogen and oxygen atoms in total. The van der Waals surface area contributed by atoms with Crippen LogP contribution in [0, 0.1) is 5.41 Å². The molecule has 4 heteroatoms. The fourth-order valence-corrected chi connectivity index (χ4v) is 2.92. The zero-order chi connectivity index (χ0) is 11.4. The average molecular weight is 233 g/mol. The number of sulfone groups is 1. The van der Waals surface area contributed by atoms with E-state index in [2.05, 4.69) is 12.2 Å². The smallest absolute Gasteiger partial charge is 0.147 e. The minimum absolute atomic E-state index is 0.302. The van der Waals surface area contributed by atoms with E-state index in [0.29, 0.717) is 11.2 Å². The first-order valence-corrected chi connectivity index (χ1v) is 7.86. The molecule has 1 rings (SSSR count). The van der Waals surface area contributed by atoms with Crippen molar-refractivity contribution in [3.63, 3.8) is 0 Å². The van der Waals surface area contributed by atoms with Crippen LogP contribution < -0.4 is 5.32 Å². The zero-order valence-electron chi connectivity index (χ0n) is 9.88. The molecule has 0 bridgehead atoms. The van der Waals surface area contributed by atoms with Crippen LogP contribution in [-0.4, -0.2) is 33.5 Å². The van der Waals surface area contributed by atoms with Crippen molar-refractivity contribution in [1.29, 1.82) is 0 Å². The molecule has 0 saturated heterocycles. The van der Waals surface area contributed by atoms with E-state index < -0.39 is 9.84 Å². The minimum Gasteiger partial charge on any atom is -0.316 e. The van der Waals surface area contributed by atoms with Gasteiger partial charge >= 0.3 is 0 Å². The van der Waals surface area contributed by atoms with Gasteiger partial charge in [0.05, 0.1) is 5.75 Å². The number of hydrogen-bond acceptors (Lipinski definition) is 3. The molecule has 1 saturated carbocycles. The van der Waals surface area contributed by atoms with Crippen LogP contribution in [0.15, 0.2) is 0 Å². The molecule has 15 heavy (non-hydrogen) atoms. The summed E-state index contributed by atoms with van der Waals surface area (Å²) < 4.78 is 21.8. The fourth-order valence-electron chi connectivity index (χ4n) is 2.25. The largest absolute Gasteiger partial charge is 0.316 e. The van der Waals surface area contributed by atoms with Crippen molar-refractivity contribution >= 4 is 9.84 Å². The summed E-state index contributed by atoms with van der Waals surface area (Å²) in [7, 11) is -2.78. The minimum atomic E-state index is -2.78. The molecular formula is C11H23NO2S. The van der Waals surface area contributed by atoms with E-state index in [0.717, 1.165) is 19.5 Å². The molecule has 90 valence electrons. The van der Waals surface area contributed by atoms with Crippen LogP contribution in [0.5, 0.6) is 0 Å². The van der Waals surface area contributed by atoms with Gasteiger partial charge in [-0.1, -0.05) is 19.8 Å². The van der Waals surface area contributed by atoms with E-state index in [9.17, 15) is 8.42 Å². The molecule has 0 unspecified atom stereocenters. The Kier molecular flexibility index (Phi) is 4.59. The number of hydrogen-bond donors (Lipinski definition) is 1. The molecule has 0 aromatic carbocycles. The summed E-state index contributed by atoms with van der Waals surface area (Å²) in [5, 5.41) is 3.38. The summed E-state index contributed by atoms with van der Waals surface area (Å²) in [5.74, 6) is 0.302. The predicted molar refractivity (Wildman–Crippen MR) is 63.8 cm³/mol. The van der Waals surface area contributed by atoms with Crippen molar-refractivity contribution in [1.82, 2.24) is 5.32 Å². The van der Waals surface area contributed by atoms with E-state index >= 15 is 0 Å². The highest BCUT2D eigenvalue weighted by molar-refractivity contribution is 7.90. The first-order valence-electron chi connectivity index (χ1n) is 5.80. The van der Waals surface area contributed by atoms with Crippen LogP contribution in [0.1, 0.15) is 39.0 Å². The molecule has 0 amide bonds. The summed E-state index contributed by atoms with van der Waals surface area (Å²) in [6.45, 7) is 4.18. The van der Waals surface area contributed by atoms with E-state index in [1.807, 2.05) is 0 Å². The van der Waals surface area contributed by atoms with Gasteiger partial charge in [-0.3, -0.25) is 0 Å². The standard InChI is InChI=1S/C11H23NO2S/c1-11(6-3-4-7-11)10-12-8-5-9-15(2,13)14/h12H,3-10H2,1-2H3. The van der Waals surface area contributed by atoms with E-state index in [1.165, 1.54) is 31.9 Å². The lowest BCUT2D eigenvalue weighted by molar-refractivity contribution is 0.316. The van der Waals surface area contributed by atoms with Gasteiger partial charge in [-0.2, -0.15) is 0 Å². The quantitative estimate of drug-likeness (QED) is 0.709. The fraction of sp³-hybridized carbons (Fsp3) is 1.00. The zero-order valence-corrected chi connectivity index (χ0v) is 10.7. The third-order valence-corrected chi connectivity index (χ3v) is 4.26. The van der Waals surface area contributed by atoms with Gasteiger partial charge in [0, 0.05) is 12.8 Å². The van der Waals surface area contributed by atoms with E-state index in [1.54, 1.807) is 0 Å². The van der Waals surface area contributed by atoms with Gasteiger partial charge in [-0.25, -0.2) is 8.42 Å². The third kappa shape index (κ3) is 5.52. The van der Waals surface area contributed by atoms with Crippen LogP contribution in [0.2, 0.25) is 0 Å². The Balaban J connectivity index is 2.06. The molecule has 1 fully saturated rings. The molecule has 0 heterocycles. The summed E-state index contributed by atoms with van der Waals surface area (Å²) in [6.07, 6.45) is 7.35. The van der Waals surface area contributed by atoms with Crippen LogP contribution in [-0.2, 0) is 9.84 Å². The van der Waals surface area contributed by atoms with Crippen molar-refractivity contribution in [2.24, 2.45) is 5.41 Å². The van der Waals surface area contributed by atoms with Gasteiger partial charge in [-0.05, 0) is 31.2 Å². The Labute approximate surface area is 93.6 Å². The maximum absolute atomic E-state index is 10.9. The maximum atomic E-state index is 10.9. The van der Waals surface area contributed by atoms with Gasteiger partial charge in [0.25, 0.3) is 0 Å². The van der Waals surface area contributed by atoms with Crippen molar-refractivity contribution in [3.05, 3.63) is 0 Å². The highest BCUT2D eigenvalue weighted by atomic mass is 32.2. The van der Waals surface area contributed by atoms with Gasteiger partial charge in [-0.15, -0.1) is 0 Å². The normalized spacial score (nSPS) is 20.7. The molecule has 1 N–H and O–H groups in total. The van der Waals surface area contributed by atoms with Crippen LogP contribution in [0.3, 0.4) is 0 Å². The van der Waals surface area contributed by atoms with Gasteiger partial charge in [0.2, 0.25) is 0 Å². The number of rotatable bonds is 6. The summed E-state index contributed by atoms with van der Waals surface area (Å²) in [4.78, 5) is 0. The molecule has 0 atom stereocenters. The van der Waals surface area contributed by atoms with Gasteiger partial charge in [0.15, 0.2) is 0 Å². The highest BCUT2D eigenvalue weighted by Gasteiger charge is 2.27. The highest BCUT2D eigenvalue weighted by Crippen LogP contribution is 2.36. The first-order chi connectivity index (χ1) is 6.91. The second kappa shape index (κ2) is 5.30. The van der Waals surface area contributed by atoms with Crippen LogP contribution in [0.25, 0.3) is 0 Å². The molecule has 0 aliphatic heterocycles. The second-order valence-electron chi connectivity index (χ2n) is 5.18. The monoisotopic (exact) mass is 233 g/mol. The summed E-state index contributed by atoms with van der Waals surface area (Å²) in [5.41, 5.74) is 0.463. The van der Waals surface area contributed by atoms with E-state index in [4.69, 9.17) is 0 Å². The molecule has 0 aromatic rings. The molecule has 0 spiro atoms. The summed E-state index contributed by atoms with van der Waals surface area (Å²) >= 11 is 0. The van der Waals surface area contributed by atoms with Crippen molar-refractivity contribution in [3.8, 4) is 0 Å². The third-order valence-electron chi connectivity index (χ3n) is 3.23. The Morgan fingerprint density at radius 3 is 2.40 bits per heavy atom. The Bertz CT molecular complexity index is 279. The lowest BCUT2D eigenvalue weighted by Crippen LogP contribution is -2.30. The molecule has 1 aliphatic carbocycles. The lowest BCUT2D eigenvalue weighted by atomic mass is 9.89. The predicted octanol–water partition coefficient (Wildman–Crippen LogP) is 1.59. The first kappa shape index (κ1) is 13.0. The lowest BCUT2D eigenvalue weighted by Gasteiger charge is -2.23. The molecule has 0 aromatic heterocycles. The Morgan fingerprint density at radius 1 is 1.27 bits per heavy atom. The van der Waals surface area contributed by atoms with Crippen molar-refractivity contribution < 1.29 is 8.42 Å². The topological polar surface area (TPSA) is 46.2 Å². The summed E-state index contributed by atoms with van der Waals surface area (Å²) in [6, 6.07) is 0. The van der Waals surface area contributed by atoms with Crippen LogP contribution in [0.4, 0.5) is 0 Å². The Hall–Kier alpha value is -0.0900. The molecule has 1 aliphatic rings. The molecule has 0 radical (unpaired) electrons. The number of nitrogens with one attached hydrogen (secondary N) is 1. The average Bonchev–Trinajstić information content (AvgIpc) is 2.50. The SMILES string of the molecule is CC1(CNCCCS(C)(=O)=O)CCCC1. The van der Waals surface area contributed by atoms with Crippen molar-refractivity contribution in [2.45, 2.75) is 39.0 Å². The Morgan fingerprint density at radius 2 is 1.87 bits per heavy atom. The second-order valence-corrected chi connectivity index (χ2v) is 7.44.